The molecule has 1 heterocycles. The van der Waals surface area contributed by atoms with Crippen molar-refractivity contribution in [3.05, 3.63) is 59.2 Å². The lowest BCUT2D eigenvalue weighted by atomic mass is 9.87. The van der Waals surface area contributed by atoms with Crippen molar-refractivity contribution < 1.29 is 28.2 Å². The van der Waals surface area contributed by atoms with E-state index >= 15 is 0 Å². The molecular weight excluding hydrogens is 468 g/mol. The first kappa shape index (κ1) is 27.1. The lowest BCUT2D eigenvalue weighted by Gasteiger charge is -2.42. The molecule has 2 N–H and O–H groups in total. The number of nitrogens with zero attached hydrogens (tertiary/aromatic N) is 2. The van der Waals surface area contributed by atoms with E-state index in [-0.39, 0.29) is 10.8 Å². The third-order valence-electron chi connectivity index (χ3n) is 6.57. The molecule has 0 saturated carbocycles. The van der Waals surface area contributed by atoms with Crippen LogP contribution in [-0.2, 0) is 19.6 Å². The molecule has 2 atom stereocenters. The van der Waals surface area contributed by atoms with Crippen molar-refractivity contribution in [3.63, 3.8) is 0 Å². The number of carboxylic acids is 1. The molecule has 2 aromatic rings. The van der Waals surface area contributed by atoms with Crippen LogP contribution in [-0.4, -0.2) is 67.9 Å². The Hall–Kier alpha value is -2.46. The SMILES string of the molecule is Cc1ccc(N(CC(C)C)S(=O)(=O)c2ccc(C(O)C(C)(C(=O)O)N3CCOCC3)cc2)c(C)c1. The molecule has 2 aromatic carbocycles. The van der Waals surface area contributed by atoms with Gasteiger partial charge in [0, 0.05) is 19.6 Å². The average molecular weight is 505 g/mol. The second kappa shape index (κ2) is 10.7. The molecule has 9 heteroatoms. The summed E-state index contributed by atoms with van der Waals surface area (Å²) in [5.74, 6) is -1.06. The van der Waals surface area contributed by atoms with Gasteiger partial charge < -0.3 is 14.9 Å². The van der Waals surface area contributed by atoms with Crippen LogP contribution in [0.2, 0.25) is 0 Å². The van der Waals surface area contributed by atoms with E-state index in [1.807, 2.05) is 45.9 Å². The van der Waals surface area contributed by atoms with E-state index in [4.69, 9.17) is 4.74 Å². The fraction of sp³-hybridized carbons (Fsp3) is 0.500. The van der Waals surface area contributed by atoms with Gasteiger partial charge in [0.25, 0.3) is 10.0 Å². The normalized spacial score (nSPS) is 17.7. The highest BCUT2D eigenvalue weighted by Crippen LogP contribution is 2.34. The molecule has 1 aliphatic rings. The molecule has 1 saturated heterocycles. The van der Waals surface area contributed by atoms with Crippen LogP contribution in [0.3, 0.4) is 0 Å². The van der Waals surface area contributed by atoms with Crippen molar-refractivity contribution in [1.82, 2.24) is 4.90 Å². The summed E-state index contributed by atoms with van der Waals surface area (Å²) < 4.78 is 34.1. The van der Waals surface area contributed by atoms with Crippen LogP contribution in [0.4, 0.5) is 5.69 Å². The quantitative estimate of drug-likeness (QED) is 0.539. The zero-order valence-corrected chi connectivity index (χ0v) is 21.9. The highest BCUT2D eigenvalue weighted by Gasteiger charge is 2.47. The lowest BCUT2D eigenvalue weighted by molar-refractivity contribution is -0.164. The van der Waals surface area contributed by atoms with Crippen molar-refractivity contribution in [2.75, 3.05) is 37.2 Å². The minimum Gasteiger partial charge on any atom is -0.480 e. The zero-order chi connectivity index (χ0) is 26.0. The van der Waals surface area contributed by atoms with Gasteiger partial charge in [-0.1, -0.05) is 43.7 Å². The molecule has 1 aliphatic heterocycles. The summed E-state index contributed by atoms with van der Waals surface area (Å²) in [4.78, 5) is 14.0. The zero-order valence-electron chi connectivity index (χ0n) is 21.1. The Morgan fingerprint density at radius 1 is 1.11 bits per heavy atom. The highest BCUT2D eigenvalue weighted by atomic mass is 32.2. The van der Waals surface area contributed by atoms with Crippen LogP contribution >= 0.6 is 0 Å². The van der Waals surface area contributed by atoms with Gasteiger partial charge in [-0.25, -0.2) is 8.42 Å². The summed E-state index contributed by atoms with van der Waals surface area (Å²) in [6, 6.07) is 11.5. The van der Waals surface area contributed by atoms with E-state index in [1.54, 1.807) is 4.90 Å². The number of hydrogen-bond donors (Lipinski definition) is 2. The largest absolute Gasteiger partial charge is 0.480 e. The first-order valence-corrected chi connectivity index (χ1v) is 13.3. The van der Waals surface area contributed by atoms with E-state index < -0.39 is 27.6 Å². The minimum absolute atomic E-state index is 0.0810. The van der Waals surface area contributed by atoms with E-state index in [0.717, 1.165) is 11.1 Å². The predicted octanol–water partition coefficient (Wildman–Crippen LogP) is 3.36. The molecule has 0 spiro atoms. The average Bonchev–Trinajstić information content (AvgIpc) is 2.82. The molecule has 1 fully saturated rings. The number of aliphatic carboxylic acids is 1. The monoisotopic (exact) mass is 504 g/mol. The molecule has 35 heavy (non-hydrogen) atoms. The van der Waals surface area contributed by atoms with Gasteiger partial charge in [0.2, 0.25) is 0 Å². The van der Waals surface area contributed by atoms with Gasteiger partial charge >= 0.3 is 5.97 Å². The smallest absolute Gasteiger partial charge is 0.326 e. The number of anilines is 1. The maximum absolute atomic E-state index is 13.7. The molecule has 192 valence electrons. The first-order valence-electron chi connectivity index (χ1n) is 11.8. The molecular formula is C26H36N2O6S. The van der Waals surface area contributed by atoms with Crippen molar-refractivity contribution in [2.24, 2.45) is 5.92 Å². The van der Waals surface area contributed by atoms with Gasteiger partial charge in [0.15, 0.2) is 0 Å². The van der Waals surface area contributed by atoms with Crippen molar-refractivity contribution in [3.8, 4) is 0 Å². The lowest BCUT2D eigenvalue weighted by Crippen LogP contribution is -2.59. The molecule has 2 unspecified atom stereocenters. The maximum Gasteiger partial charge on any atom is 0.326 e. The third-order valence-corrected chi connectivity index (χ3v) is 8.36. The van der Waals surface area contributed by atoms with Crippen LogP contribution in [0.1, 0.15) is 43.6 Å². The maximum atomic E-state index is 13.7. The van der Waals surface area contributed by atoms with Gasteiger partial charge in [-0.3, -0.25) is 14.0 Å². The van der Waals surface area contributed by atoms with Gasteiger partial charge in [0.05, 0.1) is 23.8 Å². The number of carboxylic acid groups (broad SMARTS) is 1. The Morgan fingerprint density at radius 2 is 1.71 bits per heavy atom. The second-order valence-corrected chi connectivity index (χ2v) is 11.6. The Bertz CT molecular complexity index is 1140. The van der Waals surface area contributed by atoms with Crippen LogP contribution in [0.25, 0.3) is 0 Å². The van der Waals surface area contributed by atoms with Crippen LogP contribution < -0.4 is 4.31 Å². The molecule has 0 bridgehead atoms. The molecule has 3 rings (SSSR count). The van der Waals surface area contributed by atoms with Gasteiger partial charge in [-0.15, -0.1) is 0 Å². The number of benzene rings is 2. The fourth-order valence-corrected chi connectivity index (χ4v) is 6.16. The number of hydrogen-bond acceptors (Lipinski definition) is 6. The van der Waals surface area contributed by atoms with E-state index in [2.05, 4.69) is 0 Å². The Morgan fingerprint density at radius 3 is 2.23 bits per heavy atom. The summed E-state index contributed by atoms with van der Waals surface area (Å²) in [6.45, 7) is 11.1. The summed E-state index contributed by atoms with van der Waals surface area (Å²) in [7, 11) is -3.89. The molecule has 0 amide bonds. The van der Waals surface area contributed by atoms with Crippen LogP contribution in [0.15, 0.2) is 47.4 Å². The van der Waals surface area contributed by atoms with Crippen LogP contribution in [0, 0.1) is 19.8 Å². The Labute approximate surface area is 208 Å². The van der Waals surface area contributed by atoms with Gasteiger partial charge in [-0.05, 0) is 56.0 Å². The summed E-state index contributed by atoms with van der Waals surface area (Å²) in [5.41, 5.74) is 1.30. The Balaban J connectivity index is 1.96. The number of sulfonamides is 1. The summed E-state index contributed by atoms with van der Waals surface area (Å²) >= 11 is 0. The number of rotatable bonds is 9. The van der Waals surface area contributed by atoms with Crippen molar-refractivity contribution >= 4 is 21.7 Å². The number of aryl methyl sites for hydroxylation is 2. The summed E-state index contributed by atoms with van der Waals surface area (Å²) in [5, 5.41) is 21.1. The minimum atomic E-state index is -3.89. The highest BCUT2D eigenvalue weighted by molar-refractivity contribution is 7.92. The standard InChI is InChI=1S/C26H36N2O6S/c1-18(2)17-28(23-11-6-19(3)16-20(23)4)35(32,33)22-9-7-21(8-10-22)24(29)26(5,25(30)31)27-12-14-34-15-13-27/h6-11,16,18,24,29H,12-15,17H2,1-5H3,(H,30,31). The predicted molar refractivity (Wildman–Crippen MR) is 135 cm³/mol. The molecule has 8 nitrogen and oxygen atoms in total. The second-order valence-electron chi connectivity index (χ2n) is 9.74. The van der Waals surface area contributed by atoms with Crippen molar-refractivity contribution in [2.45, 2.75) is 51.2 Å². The first-order chi connectivity index (χ1) is 16.4. The van der Waals surface area contributed by atoms with Crippen LogP contribution in [0.5, 0.6) is 0 Å². The fourth-order valence-electron chi connectivity index (χ4n) is 4.47. The topological polar surface area (TPSA) is 107 Å². The van der Waals surface area contributed by atoms with E-state index in [1.165, 1.54) is 35.5 Å². The van der Waals surface area contributed by atoms with Gasteiger partial charge in [-0.2, -0.15) is 0 Å². The third kappa shape index (κ3) is 5.53. The number of carbonyl (C=O) groups is 1. The van der Waals surface area contributed by atoms with E-state index in [9.17, 15) is 23.4 Å². The molecule has 0 radical (unpaired) electrons. The molecule has 0 aliphatic carbocycles. The Kier molecular flexibility index (Phi) is 8.26. The van der Waals surface area contributed by atoms with Crippen molar-refractivity contribution in [1.29, 1.82) is 0 Å². The van der Waals surface area contributed by atoms with Gasteiger partial charge in [0.1, 0.15) is 11.6 Å². The summed E-state index contributed by atoms with van der Waals surface area (Å²) in [6.07, 6.45) is -1.36. The number of aliphatic hydroxyl groups excluding tert-OH is 1. The number of morpholine rings is 1. The number of ether oxygens (including phenoxy) is 1. The van der Waals surface area contributed by atoms with E-state index in [0.29, 0.717) is 44.1 Å². The number of aliphatic hydroxyl groups is 1. The molecule has 0 aromatic heterocycles.